The molecule has 3 heteroatoms. The molecule has 0 atom stereocenters. The minimum absolute atomic E-state index is 0.178. The molecule has 0 saturated heterocycles. The Morgan fingerprint density at radius 1 is 1.00 bits per heavy atom. The number of rotatable bonds is 0. The highest BCUT2D eigenvalue weighted by atomic mass is 16.2. The Kier molecular flexibility index (Phi) is 2.11. The number of Topliss-reactive ketones (excluding diaryl/α,β-unsaturated/α-hetero) is 2. The highest BCUT2D eigenvalue weighted by Crippen LogP contribution is 2.29. The van der Waals surface area contributed by atoms with Gasteiger partial charge in [-0.15, -0.1) is 0 Å². The predicted octanol–water partition coefficient (Wildman–Crippen LogP) is 2.35. The molecule has 1 aromatic carbocycles. The zero-order valence-electron chi connectivity index (χ0n) is 9.01. The van der Waals surface area contributed by atoms with Crippen LogP contribution in [-0.2, 0) is 0 Å². The van der Waals surface area contributed by atoms with Crippen LogP contribution < -0.4 is 0 Å². The van der Waals surface area contributed by atoms with Crippen molar-refractivity contribution in [1.82, 2.24) is 0 Å². The zero-order valence-corrected chi connectivity index (χ0v) is 9.01. The summed E-state index contributed by atoms with van der Waals surface area (Å²) < 4.78 is 0. The van der Waals surface area contributed by atoms with Gasteiger partial charge in [-0.1, -0.05) is 30.3 Å². The standard InChI is InChI=1S/C14H9NO2/c16-13-10-5-1-2-6-11(10)14(17)12(13)9-4-3-7-15-8-9/h1-3,5-8H,4H2. The monoisotopic (exact) mass is 223 g/mol. The van der Waals surface area contributed by atoms with E-state index in [4.69, 9.17) is 0 Å². The lowest BCUT2D eigenvalue weighted by Gasteiger charge is -2.03. The lowest BCUT2D eigenvalue weighted by Crippen LogP contribution is -2.07. The number of fused-ring (bicyclic) bond motifs is 1. The Hall–Kier alpha value is -2.29. The van der Waals surface area contributed by atoms with Crippen LogP contribution in [0.15, 0.2) is 52.7 Å². The molecule has 1 aliphatic carbocycles. The van der Waals surface area contributed by atoms with E-state index in [1.54, 1.807) is 36.7 Å². The fourth-order valence-corrected chi connectivity index (χ4v) is 2.14. The maximum Gasteiger partial charge on any atom is 0.198 e. The van der Waals surface area contributed by atoms with Crippen LogP contribution in [0.25, 0.3) is 0 Å². The van der Waals surface area contributed by atoms with Crippen LogP contribution >= 0.6 is 0 Å². The molecule has 3 nitrogen and oxygen atoms in total. The molecule has 17 heavy (non-hydrogen) atoms. The van der Waals surface area contributed by atoms with Gasteiger partial charge in [0.1, 0.15) is 0 Å². The van der Waals surface area contributed by atoms with Crippen molar-refractivity contribution < 1.29 is 9.59 Å². The largest absolute Gasteiger partial charge is 0.288 e. The predicted molar refractivity (Wildman–Crippen MR) is 64.4 cm³/mol. The molecule has 1 heterocycles. The number of allylic oxidation sites excluding steroid dienone is 3. The number of hydrogen-bond acceptors (Lipinski definition) is 3. The zero-order chi connectivity index (χ0) is 11.8. The van der Waals surface area contributed by atoms with Gasteiger partial charge in [0, 0.05) is 23.5 Å². The number of aliphatic imine (C=N–C) groups is 1. The Balaban J connectivity index is 2.19. The van der Waals surface area contributed by atoms with E-state index in [-0.39, 0.29) is 17.1 Å². The Bertz CT molecular complexity index is 584. The van der Waals surface area contributed by atoms with Crippen LogP contribution in [0.4, 0.5) is 0 Å². The summed E-state index contributed by atoms with van der Waals surface area (Å²) in [5, 5.41) is 0. The van der Waals surface area contributed by atoms with Gasteiger partial charge in [-0.2, -0.15) is 0 Å². The third-order valence-electron chi connectivity index (χ3n) is 2.95. The molecular formula is C14H9NO2. The van der Waals surface area contributed by atoms with E-state index in [9.17, 15) is 9.59 Å². The number of carbonyl (C=O) groups excluding carboxylic acids is 2. The van der Waals surface area contributed by atoms with Crippen molar-refractivity contribution >= 4 is 17.8 Å². The first-order chi connectivity index (χ1) is 8.29. The molecule has 0 aromatic heterocycles. The van der Waals surface area contributed by atoms with Crippen LogP contribution in [-0.4, -0.2) is 17.8 Å². The van der Waals surface area contributed by atoms with Gasteiger partial charge < -0.3 is 0 Å². The summed E-state index contributed by atoms with van der Waals surface area (Å²) in [7, 11) is 0. The van der Waals surface area contributed by atoms with E-state index >= 15 is 0 Å². The van der Waals surface area contributed by atoms with E-state index in [0.29, 0.717) is 23.1 Å². The fraction of sp³-hybridized carbons (Fsp3) is 0.0714. The van der Waals surface area contributed by atoms with Crippen molar-refractivity contribution in [3.05, 3.63) is 58.8 Å². The summed E-state index contributed by atoms with van der Waals surface area (Å²) in [6.07, 6.45) is 5.69. The summed E-state index contributed by atoms with van der Waals surface area (Å²) >= 11 is 0. The molecule has 3 rings (SSSR count). The quantitative estimate of drug-likeness (QED) is 0.500. The molecule has 1 aromatic rings. The second-order valence-corrected chi connectivity index (χ2v) is 3.97. The molecule has 0 saturated carbocycles. The number of carbonyl (C=O) groups is 2. The van der Waals surface area contributed by atoms with Crippen LogP contribution in [0.3, 0.4) is 0 Å². The van der Waals surface area contributed by atoms with E-state index in [2.05, 4.69) is 4.99 Å². The summed E-state index contributed by atoms with van der Waals surface area (Å²) in [5.41, 5.74) is 1.99. The van der Waals surface area contributed by atoms with Crippen LogP contribution in [0, 0.1) is 0 Å². The van der Waals surface area contributed by atoms with Crippen molar-refractivity contribution in [2.75, 3.05) is 0 Å². The molecular weight excluding hydrogens is 214 g/mol. The number of nitrogens with zero attached hydrogens (tertiary/aromatic N) is 1. The minimum Gasteiger partial charge on any atom is -0.288 e. The molecule has 0 bridgehead atoms. The van der Waals surface area contributed by atoms with Gasteiger partial charge in [0.15, 0.2) is 11.6 Å². The van der Waals surface area contributed by atoms with Crippen molar-refractivity contribution in [2.45, 2.75) is 6.42 Å². The van der Waals surface area contributed by atoms with Crippen molar-refractivity contribution in [2.24, 2.45) is 4.99 Å². The van der Waals surface area contributed by atoms with Gasteiger partial charge >= 0.3 is 0 Å². The topological polar surface area (TPSA) is 46.5 Å². The molecule has 0 fully saturated rings. The number of benzene rings is 1. The molecule has 0 radical (unpaired) electrons. The van der Waals surface area contributed by atoms with E-state index < -0.39 is 0 Å². The summed E-state index contributed by atoms with van der Waals surface area (Å²) in [4.78, 5) is 28.3. The number of hydrogen-bond donors (Lipinski definition) is 0. The van der Waals surface area contributed by atoms with Crippen LogP contribution in [0.2, 0.25) is 0 Å². The summed E-state index contributed by atoms with van der Waals surface area (Å²) in [6, 6.07) is 6.93. The second-order valence-electron chi connectivity index (χ2n) is 3.97. The highest BCUT2D eigenvalue weighted by molar-refractivity contribution is 6.41. The maximum atomic E-state index is 12.1. The van der Waals surface area contributed by atoms with Gasteiger partial charge in [0.25, 0.3) is 0 Å². The van der Waals surface area contributed by atoms with E-state index in [1.807, 2.05) is 6.08 Å². The molecule has 0 N–H and O–H groups in total. The Morgan fingerprint density at radius 2 is 1.65 bits per heavy atom. The van der Waals surface area contributed by atoms with Gasteiger partial charge in [-0.3, -0.25) is 14.6 Å². The molecule has 0 spiro atoms. The average Bonchev–Trinajstić information content (AvgIpc) is 2.64. The van der Waals surface area contributed by atoms with E-state index in [0.717, 1.165) is 0 Å². The lowest BCUT2D eigenvalue weighted by molar-refractivity contribution is 0.0987. The van der Waals surface area contributed by atoms with Gasteiger partial charge in [-0.25, -0.2) is 0 Å². The van der Waals surface area contributed by atoms with Crippen LogP contribution in [0.1, 0.15) is 27.1 Å². The third-order valence-corrected chi connectivity index (χ3v) is 2.95. The number of ketones is 2. The van der Waals surface area contributed by atoms with Gasteiger partial charge in [0.05, 0.1) is 5.57 Å². The first kappa shape index (κ1) is 9.90. The van der Waals surface area contributed by atoms with Crippen molar-refractivity contribution in [3.63, 3.8) is 0 Å². The normalized spacial score (nSPS) is 17.9. The van der Waals surface area contributed by atoms with Crippen molar-refractivity contribution in [1.29, 1.82) is 0 Å². The molecule has 1 aliphatic heterocycles. The smallest absolute Gasteiger partial charge is 0.198 e. The minimum atomic E-state index is -0.178. The lowest BCUT2D eigenvalue weighted by atomic mass is 10.0. The van der Waals surface area contributed by atoms with Gasteiger partial charge in [0.2, 0.25) is 0 Å². The first-order valence-corrected chi connectivity index (χ1v) is 5.39. The Labute approximate surface area is 98.2 Å². The molecule has 82 valence electrons. The first-order valence-electron chi connectivity index (χ1n) is 5.39. The fourth-order valence-electron chi connectivity index (χ4n) is 2.14. The SMILES string of the molecule is O=C1C(=C2C=NC=CC2)C(=O)c2ccccc21. The average molecular weight is 223 g/mol. The van der Waals surface area contributed by atoms with E-state index in [1.165, 1.54) is 0 Å². The molecule has 0 amide bonds. The molecule has 2 aliphatic rings. The van der Waals surface area contributed by atoms with Crippen molar-refractivity contribution in [3.8, 4) is 0 Å². The highest BCUT2D eigenvalue weighted by Gasteiger charge is 2.34. The maximum absolute atomic E-state index is 12.1. The summed E-state index contributed by atoms with van der Waals surface area (Å²) in [5.74, 6) is -0.357. The summed E-state index contributed by atoms with van der Waals surface area (Å²) in [6.45, 7) is 0. The van der Waals surface area contributed by atoms with Gasteiger partial charge in [-0.05, 0) is 12.0 Å². The second kappa shape index (κ2) is 3.63. The van der Waals surface area contributed by atoms with Crippen LogP contribution in [0.5, 0.6) is 0 Å². The third kappa shape index (κ3) is 1.40. The molecule has 0 unspecified atom stereocenters. The Morgan fingerprint density at radius 3 is 2.18 bits per heavy atom.